The molecule has 6 heteroatoms. The molecule has 0 unspecified atom stereocenters. The Kier molecular flexibility index (Phi) is 3.42. The molecule has 0 amide bonds. The molecule has 3 aromatic carbocycles. The molecular formula is C23H13N3O2S. The second kappa shape index (κ2) is 6.12. The minimum atomic E-state index is -0.0487. The molecule has 0 spiro atoms. The Morgan fingerprint density at radius 1 is 0.931 bits per heavy atom. The molecule has 6 aromatic rings. The van der Waals surface area contributed by atoms with Crippen molar-refractivity contribution in [3.05, 3.63) is 93.2 Å². The Labute approximate surface area is 168 Å². The summed E-state index contributed by atoms with van der Waals surface area (Å²) < 4.78 is 7.90. The minimum Gasteiger partial charge on any atom is -0.355 e. The van der Waals surface area contributed by atoms with E-state index in [0.29, 0.717) is 9.49 Å². The van der Waals surface area contributed by atoms with Crippen molar-refractivity contribution in [3.8, 4) is 11.3 Å². The maximum Gasteiger partial charge on any atom is 0.274 e. The molecule has 0 fully saturated rings. The topological polar surface area (TPSA) is 60.4 Å². The van der Waals surface area contributed by atoms with Crippen LogP contribution in [0.3, 0.4) is 0 Å². The van der Waals surface area contributed by atoms with Gasteiger partial charge in [-0.05, 0) is 35.9 Å². The number of rotatable bonds is 2. The number of fused-ring (bicyclic) bond motifs is 4. The molecule has 3 heterocycles. The van der Waals surface area contributed by atoms with Crippen LogP contribution < -0.4 is 10.1 Å². The maximum atomic E-state index is 13.0. The molecule has 0 saturated heterocycles. The number of thiazole rings is 1. The number of benzene rings is 3. The molecule has 5 nitrogen and oxygen atoms in total. The van der Waals surface area contributed by atoms with Crippen LogP contribution in [0.2, 0.25) is 0 Å². The molecular weight excluding hydrogens is 382 g/mol. The number of para-hydroxylation sites is 2. The third-order valence-corrected chi connectivity index (χ3v) is 5.95. The van der Waals surface area contributed by atoms with Gasteiger partial charge in [-0.15, -0.1) is 0 Å². The highest BCUT2D eigenvalue weighted by atomic mass is 32.1. The van der Waals surface area contributed by atoms with Crippen LogP contribution in [-0.4, -0.2) is 14.5 Å². The van der Waals surface area contributed by atoms with E-state index in [4.69, 9.17) is 4.52 Å². The molecule has 3 aromatic heterocycles. The molecule has 0 bridgehead atoms. The summed E-state index contributed by atoms with van der Waals surface area (Å²) in [6.45, 7) is 0. The lowest BCUT2D eigenvalue weighted by Gasteiger charge is -1.97. The van der Waals surface area contributed by atoms with Gasteiger partial charge in [0.05, 0.1) is 21.0 Å². The number of hydrogen-bond acceptors (Lipinski definition) is 5. The summed E-state index contributed by atoms with van der Waals surface area (Å²) in [5.74, 6) is 0.727. The summed E-state index contributed by atoms with van der Waals surface area (Å²) in [6.07, 6.45) is 1.90. The highest BCUT2D eigenvalue weighted by Gasteiger charge is 2.12. The normalized spacial score (nSPS) is 12.5. The second-order valence-corrected chi connectivity index (χ2v) is 7.80. The maximum absolute atomic E-state index is 13.0. The van der Waals surface area contributed by atoms with Crippen LogP contribution >= 0.6 is 11.3 Å². The lowest BCUT2D eigenvalue weighted by atomic mass is 10.1. The van der Waals surface area contributed by atoms with E-state index >= 15 is 0 Å². The lowest BCUT2D eigenvalue weighted by molar-refractivity contribution is 0.441. The summed E-state index contributed by atoms with van der Waals surface area (Å²) >= 11 is 1.40. The largest absolute Gasteiger partial charge is 0.355 e. The van der Waals surface area contributed by atoms with Crippen LogP contribution in [0, 0.1) is 0 Å². The van der Waals surface area contributed by atoms with E-state index in [1.54, 1.807) is 4.40 Å². The van der Waals surface area contributed by atoms with Crippen molar-refractivity contribution >= 4 is 44.3 Å². The van der Waals surface area contributed by atoms with Crippen molar-refractivity contribution in [1.29, 1.82) is 0 Å². The minimum absolute atomic E-state index is 0.0487. The van der Waals surface area contributed by atoms with E-state index in [0.717, 1.165) is 38.8 Å². The zero-order chi connectivity index (χ0) is 19.4. The van der Waals surface area contributed by atoms with Gasteiger partial charge >= 0.3 is 0 Å². The molecule has 6 rings (SSSR count). The molecule has 0 N–H and O–H groups in total. The van der Waals surface area contributed by atoms with Crippen LogP contribution in [-0.2, 0) is 0 Å². The van der Waals surface area contributed by atoms with Crippen molar-refractivity contribution in [3.63, 3.8) is 0 Å². The Hall–Kier alpha value is -3.77. The van der Waals surface area contributed by atoms with Crippen molar-refractivity contribution in [2.24, 2.45) is 0 Å². The standard InChI is InChI=1S/C23H13N3O2S/c27-22-20(29-23-24-18-8-4-5-9-19(18)26(22)23)13-14-10-11-17-16(12-14)21(28-25-17)15-6-2-1-3-7-15/h1-13H/b20-13+. The van der Waals surface area contributed by atoms with Gasteiger partial charge in [0.15, 0.2) is 10.7 Å². The van der Waals surface area contributed by atoms with E-state index < -0.39 is 0 Å². The van der Waals surface area contributed by atoms with E-state index in [2.05, 4.69) is 10.1 Å². The fourth-order valence-corrected chi connectivity index (χ4v) is 4.60. The van der Waals surface area contributed by atoms with Crippen LogP contribution in [0.25, 0.3) is 44.3 Å². The molecule has 0 radical (unpaired) electrons. The molecule has 0 aliphatic rings. The number of aromatic nitrogens is 3. The number of hydrogen-bond donors (Lipinski definition) is 0. The summed E-state index contributed by atoms with van der Waals surface area (Å²) in [6, 6.07) is 23.4. The van der Waals surface area contributed by atoms with Crippen LogP contribution in [0.15, 0.2) is 82.1 Å². The average Bonchev–Trinajstić information content (AvgIpc) is 3.42. The predicted molar refractivity (Wildman–Crippen MR) is 115 cm³/mol. The summed E-state index contributed by atoms with van der Waals surface area (Å²) in [4.78, 5) is 18.3. The molecule has 138 valence electrons. The van der Waals surface area contributed by atoms with Crippen LogP contribution in [0.1, 0.15) is 5.56 Å². The van der Waals surface area contributed by atoms with Gasteiger partial charge in [-0.2, -0.15) is 0 Å². The second-order valence-electron chi connectivity index (χ2n) is 6.79. The Morgan fingerprint density at radius 3 is 2.66 bits per heavy atom. The van der Waals surface area contributed by atoms with Gasteiger partial charge in [0.1, 0.15) is 5.52 Å². The first-order valence-electron chi connectivity index (χ1n) is 9.14. The highest BCUT2D eigenvalue weighted by molar-refractivity contribution is 7.15. The third-order valence-electron chi connectivity index (χ3n) is 4.98. The first-order chi connectivity index (χ1) is 14.3. The number of nitrogens with zero attached hydrogens (tertiary/aromatic N) is 3. The molecule has 0 saturated carbocycles. The quantitative estimate of drug-likeness (QED) is 0.439. The lowest BCUT2D eigenvalue weighted by Crippen LogP contribution is -2.22. The van der Waals surface area contributed by atoms with E-state index in [1.807, 2.05) is 78.9 Å². The van der Waals surface area contributed by atoms with Crippen molar-refractivity contribution in [2.45, 2.75) is 0 Å². The smallest absolute Gasteiger partial charge is 0.274 e. The van der Waals surface area contributed by atoms with Crippen molar-refractivity contribution < 1.29 is 4.52 Å². The fourth-order valence-electron chi connectivity index (χ4n) is 3.61. The zero-order valence-electron chi connectivity index (χ0n) is 15.1. The van der Waals surface area contributed by atoms with Gasteiger partial charge in [0, 0.05) is 5.56 Å². The van der Waals surface area contributed by atoms with E-state index in [1.165, 1.54) is 11.3 Å². The third kappa shape index (κ3) is 2.50. The highest BCUT2D eigenvalue weighted by Crippen LogP contribution is 2.29. The van der Waals surface area contributed by atoms with Gasteiger partial charge in [-0.25, -0.2) is 9.38 Å². The van der Waals surface area contributed by atoms with Gasteiger partial charge in [-0.1, -0.05) is 65.0 Å². The summed E-state index contributed by atoms with van der Waals surface area (Å²) in [5.41, 5.74) is 4.30. The van der Waals surface area contributed by atoms with Crippen LogP contribution in [0.4, 0.5) is 0 Å². The average molecular weight is 395 g/mol. The first-order valence-corrected chi connectivity index (χ1v) is 9.96. The van der Waals surface area contributed by atoms with E-state index in [-0.39, 0.29) is 5.56 Å². The molecule has 0 atom stereocenters. The Balaban J connectivity index is 1.54. The number of imidazole rings is 1. The fraction of sp³-hybridized carbons (Fsp3) is 0. The molecule has 29 heavy (non-hydrogen) atoms. The summed E-state index contributed by atoms with van der Waals surface area (Å²) in [5, 5.41) is 5.08. The summed E-state index contributed by atoms with van der Waals surface area (Å²) in [7, 11) is 0. The monoisotopic (exact) mass is 395 g/mol. The Morgan fingerprint density at radius 2 is 1.76 bits per heavy atom. The first kappa shape index (κ1) is 16.2. The van der Waals surface area contributed by atoms with Crippen molar-refractivity contribution in [2.75, 3.05) is 0 Å². The predicted octanol–water partition coefficient (Wildman–Crippen LogP) is 4.27. The van der Waals surface area contributed by atoms with Crippen molar-refractivity contribution in [1.82, 2.24) is 14.5 Å². The van der Waals surface area contributed by atoms with Gasteiger partial charge in [0.2, 0.25) is 0 Å². The van der Waals surface area contributed by atoms with Gasteiger partial charge in [-0.3, -0.25) is 4.79 Å². The molecule has 0 aliphatic carbocycles. The van der Waals surface area contributed by atoms with E-state index in [9.17, 15) is 4.79 Å². The van der Waals surface area contributed by atoms with Crippen LogP contribution in [0.5, 0.6) is 0 Å². The van der Waals surface area contributed by atoms with Gasteiger partial charge in [0.25, 0.3) is 5.56 Å². The zero-order valence-corrected chi connectivity index (χ0v) is 15.9. The molecule has 0 aliphatic heterocycles. The SMILES string of the molecule is O=c1/c(=C\c2ccc3noc(-c4ccccc4)c3c2)sc2nc3ccccc3n12. The van der Waals surface area contributed by atoms with Gasteiger partial charge < -0.3 is 4.52 Å². The Bertz CT molecular complexity index is 1630.